The predicted octanol–water partition coefficient (Wildman–Crippen LogP) is 2.87. The number of ether oxygens (including phenoxy) is 3. The first-order chi connectivity index (χ1) is 10.1. The number of rotatable bonds is 11. The Hall–Kier alpha value is -0.620. The van der Waals surface area contributed by atoms with Crippen molar-refractivity contribution >= 4 is 11.6 Å². The van der Waals surface area contributed by atoms with Gasteiger partial charge in [0.05, 0.1) is 50.7 Å². The van der Waals surface area contributed by atoms with Crippen LogP contribution in [0.15, 0.2) is 0 Å². The minimum absolute atomic E-state index is 0.0360. The van der Waals surface area contributed by atoms with Crippen LogP contribution in [0.4, 0.5) is 0 Å². The molecule has 0 aliphatic heterocycles. The van der Waals surface area contributed by atoms with E-state index in [2.05, 4.69) is 18.9 Å². The van der Waals surface area contributed by atoms with Gasteiger partial charge in [-0.25, -0.2) is 0 Å². The van der Waals surface area contributed by atoms with Crippen molar-refractivity contribution in [3.63, 3.8) is 0 Å². The molecule has 1 rings (SSSR count). The van der Waals surface area contributed by atoms with Crippen molar-refractivity contribution in [2.24, 2.45) is 0 Å². The van der Waals surface area contributed by atoms with E-state index in [-0.39, 0.29) is 5.38 Å². The lowest BCUT2D eigenvalue weighted by Gasteiger charge is -2.09. The zero-order valence-electron chi connectivity index (χ0n) is 13.5. The van der Waals surface area contributed by atoms with Crippen LogP contribution in [0.25, 0.3) is 0 Å². The smallest absolute Gasteiger partial charge is 0.0701 e. The first-order valence-corrected chi connectivity index (χ1v) is 7.87. The highest BCUT2D eigenvalue weighted by Crippen LogP contribution is 2.29. The van der Waals surface area contributed by atoms with Gasteiger partial charge in [0.1, 0.15) is 0 Å². The average molecular weight is 319 g/mol. The topological polar surface area (TPSA) is 45.5 Å². The maximum absolute atomic E-state index is 6.35. The summed E-state index contributed by atoms with van der Waals surface area (Å²) in [5.74, 6) is 0. The molecule has 0 aliphatic rings. The molecule has 0 amide bonds. The van der Waals surface area contributed by atoms with Crippen molar-refractivity contribution in [2.45, 2.75) is 39.1 Å². The van der Waals surface area contributed by atoms with Gasteiger partial charge in [0.15, 0.2) is 0 Å². The molecule has 122 valence electrons. The van der Waals surface area contributed by atoms with E-state index in [1.807, 2.05) is 11.6 Å². The molecule has 1 aromatic rings. The van der Waals surface area contributed by atoms with Gasteiger partial charge >= 0.3 is 0 Å². The third-order valence-electron chi connectivity index (χ3n) is 3.36. The van der Waals surface area contributed by atoms with E-state index in [0.717, 1.165) is 29.9 Å². The second-order valence-corrected chi connectivity index (χ2v) is 5.43. The lowest BCUT2D eigenvalue weighted by molar-refractivity contribution is 0.0224. The Bertz CT molecular complexity index is 410. The zero-order valence-corrected chi connectivity index (χ0v) is 14.3. The van der Waals surface area contributed by atoms with E-state index in [1.54, 1.807) is 7.11 Å². The van der Waals surface area contributed by atoms with Gasteiger partial charge in [0.2, 0.25) is 0 Å². The van der Waals surface area contributed by atoms with E-state index in [1.165, 1.54) is 0 Å². The Morgan fingerprint density at radius 1 is 1.10 bits per heavy atom. The van der Waals surface area contributed by atoms with E-state index in [4.69, 9.17) is 25.8 Å². The van der Waals surface area contributed by atoms with E-state index < -0.39 is 0 Å². The molecule has 0 fully saturated rings. The summed E-state index contributed by atoms with van der Waals surface area (Å²) in [5, 5.41) is 4.58. The fraction of sp³-hybridized carbons (Fsp3) is 0.800. The van der Waals surface area contributed by atoms with E-state index >= 15 is 0 Å². The minimum Gasteiger partial charge on any atom is -0.382 e. The Labute approximate surface area is 132 Å². The molecule has 0 radical (unpaired) electrons. The number of nitrogens with zero attached hydrogens (tertiary/aromatic N) is 2. The third-order valence-corrected chi connectivity index (χ3v) is 3.89. The van der Waals surface area contributed by atoms with E-state index in [9.17, 15) is 0 Å². The zero-order chi connectivity index (χ0) is 15.7. The van der Waals surface area contributed by atoms with Crippen molar-refractivity contribution in [3.8, 4) is 0 Å². The molecule has 1 unspecified atom stereocenters. The van der Waals surface area contributed by atoms with Gasteiger partial charge in [0, 0.05) is 18.4 Å². The Morgan fingerprint density at radius 3 is 2.33 bits per heavy atom. The quantitative estimate of drug-likeness (QED) is 0.465. The highest BCUT2D eigenvalue weighted by Gasteiger charge is 2.17. The summed E-state index contributed by atoms with van der Waals surface area (Å²) in [4.78, 5) is 0. The van der Waals surface area contributed by atoms with Gasteiger partial charge in [-0.05, 0) is 20.3 Å². The molecular formula is C15H27ClN2O3. The first-order valence-electron chi connectivity index (χ1n) is 7.44. The lowest BCUT2D eigenvalue weighted by Crippen LogP contribution is -2.13. The summed E-state index contributed by atoms with van der Waals surface area (Å²) in [6.07, 6.45) is 0.907. The Kier molecular flexibility index (Phi) is 8.92. The van der Waals surface area contributed by atoms with Crippen LogP contribution in [0.5, 0.6) is 0 Å². The van der Waals surface area contributed by atoms with Crippen LogP contribution in [0.2, 0.25) is 0 Å². The Balaban J connectivity index is 2.30. The first kappa shape index (κ1) is 18.4. The maximum Gasteiger partial charge on any atom is 0.0701 e. The highest BCUT2D eigenvalue weighted by atomic mass is 35.5. The standard InChI is InChI=1S/C15H27ClN2O3/c1-5-14(16)15-12(2)17-18(13(15)3)6-7-20-10-11-21-9-8-19-4/h14H,5-11H2,1-4H3. The summed E-state index contributed by atoms with van der Waals surface area (Å²) in [6.45, 7) is 9.91. The minimum atomic E-state index is 0.0360. The number of aromatic nitrogens is 2. The van der Waals surface area contributed by atoms with Crippen molar-refractivity contribution in [1.82, 2.24) is 9.78 Å². The molecule has 0 aliphatic carbocycles. The SMILES string of the molecule is CCC(Cl)c1c(C)nn(CCOCCOCCOC)c1C. The van der Waals surface area contributed by atoms with Crippen molar-refractivity contribution in [2.75, 3.05) is 40.1 Å². The fourth-order valence-electron chi connectivity index (χ4n) is 2.20. The normalized spacial score (nSPS) is 12.8. The molecule has 6 heteroatoms. The second-order valence-electron chi connectivity index (χ2n) is 4.90. The molecule has 0 saturated carbocycles. The second kappa shape index (κ2) is 10.2. The van der Waals surface area contributed by atoms with Gasteiger partial charge in [-0.1, -0.05) is 6.92 Å². The number of hydrogen-bond acceptors (Lipinski definition) is 4. The third kappa shape index (κ3) is 5.94. The van der Waals surface area contributed by atoms with Crippen LogP contribution in [0.1, 0.15) is 35.7 Å². The van der Waals surface area contributed by atoms with Crippen LogP contribution < -0.4 is 0 Å². The van der Waals surface area contributed by atoms with Crippen LogP contribution >= 0.6 is 11.6 Å². The lowest BCUT2D eigenvalue weighted by atomic mass is 10.1. The largest absolute Gasteiger partial charge is 0.382 e. The molecule has 1 aromatic heterocycles. The predicted molar refractivity (Wildman–Crippen MR) is 84.1 cm³/mol. The number of hydrogen-bond donors (Lipinski definition) is 0. The summed E-state index contributed by atoms with van der Waals surface area (Å²) < 4.78 is 17.7. The molecule has 1 heterocycles. The monoisotopic (exact) mass is 318 g/mol. The van der Waals surface area contributed by atoms with Crippen molar-refractivity contribution in [3.05, 3.63) is 17.0 Å². The highest BCUT2D eigenvalue weighted by molar-refractivity contribution is 6.20. The molecule has 21 heavy (non-hydrogen) atoms. The molecule has 0 N–H and O–H groups in total. The molecular weight excluding hydrogens is 292 g/mol. The van der Waals surface area contributed by atoms with Crippen molar-refractivity contribution in [1.29, 1.82) is 0 Å². The van der Waals surface area contributed by atoms with Gasteiger partial charge in [-0.2, -0.15) is 5.10 Å². The van der Waals surface area contributed by atoms with Crippen molar-refractivity contribution < 1.29 is 14.2 Å². The molecule has 0 saturated heterocycles. The maximum atomic E-state index is 6.35. The fourth-order valence-corrected chi connectivity index (χ4v) is 2.52. The van der Waals surface area contributed by atoms with Crippen LogP contribution in [-0.4, -0.2) is 49.9 Å². The van der Waals surface area contributed by atoms with Crippen LogP contribution in [0.3, 0.4) is 0 Å². The number of aryl methyl sites for hydroxylation is 1. The Morgan fingerprint density at radius 2 is 1.71 bits per heavy atom. The average Bonchev–Trinajstić information content (AvgIpc) is 2.75. The molecule has 0 spiro atoms. The summed E-state index contributed by atoms with van der Waals surface area (Å²) in [5.41, 5.74) is 3.30. The summed E-state index contributed by atoms with van der Waals surface area (Å²) in [7, 11) is 1.66. The van der Waals surface area contributed by atoms with Crippen LogP contribution in [-0.2, 0) is 20.8 Å². The van der Waals surface area contributed by atoms with Crippen LogP contribution in [0, 0.1) is 13.8 Å². The number of alkyl halides is 1. The summed E-state index contributed by atoms with van der Waals surface area (Å²) >= 11 is 6.35. The molecule has 1 atom stereocenters. The molecule has 0 bridgehead atoms. The molecule has 5 nitrogen and oxygen atoms in total. The van der Waals surface area contributed by atoms with Gasteiger partial charge in [-0.15, -0.1) is 11.6 Å². The molecule has 0 aromatic carbocycles. The van der Waals surface area contributed by atoms with Gasteiger partial charge in [-0.3, -0.25) is 4.68 Å². The van der Waals surface area contributed by atoms with Gasteiger partial charge in [0.25, 0.3) is 0 Å². The number of halogens is 1. The van der Waals surface area contributed by atoms with E-state index in [0.29, 0.717) is 33.0 Å². The van der Waals surface area contributed by atoms with Gasteiger partial charge < -0.3 is 14.2 Å². The number of methoxy groups -OCH3 is 1. The summed E-state index contributed by atoms with van der Waals surface area (Å²) in [6, 6.07) is 0.